The maximum absolute atomic E-state index is 11.4. The first-order valence-corrected chi connectivity index (χ1v) is 6.54. The summed E-state index contributed by atoms with van der Waals surface area (Å²) in [6.07, 6.45) is 0. The van der Waals surface area contributed by atoms with E-state index in [2.05, 4.69) is 18.3 Å². The number of hydrogen-bond acceptors (Lipinski definition) is 2. The third-order valence-corrected chi connectivity index (χ3v) is 3.35. The molecule has 3 heteroatoms. The van der Waals surface area contributed by atoms with Gasteiger partial charge < -0.3 is 10.1 Å². The van der Waals surface area contributed by atoms with Crippen molar-refractivity contribution in [2.75, 3.05) is 12.4 Å². The number of amides is 1. The van der Waals surface area contributed by atoms with Gasteiger partial charge in [0.05, 0.1) is 7.11 Å². The van der Waals surface area contributed by atoms with Crippen molar-refractivity contribution in [1.82, 2.24) is 0 Å². The van der Waals surface area contributed by atoms with Crippen LogP contribution in [0, 0.1) is 13.8 Å². The number of aryl methyl sites for hydroxylation is 2. The Morgan fingerprint density at radius 1 is 1.05 bits per heavy atom. The molecule has 1 amide bonds. The highest BCUT2D eigenvalue weighted by molar-refractivity contribution is 5.94. The minimum absolute atomic E-state index is 0.0667. The van der Waals surface area contributed by atoms with Gasteiger partial charge in [-0.25, -0.2) is 0 Å². The van der Waals surface area contributed by atoms with Crippen molar-refractivity contribution < 1.29 is 9.53 Å². The molecule has 0 aliphatic rings. The number of anilines is 1. The number of benzene rings is 2. The molecule has 3 nitrogen and oxygen atoms in total. The molecule has 0 spiro atoms. The van der Waals surface area contributed by atoms with Gasteiger partial charge in [-0.05, 0) is 54.8 Å². The van der Waals surface area contributed by atoms with E-state index < -0.39 is 0 Å². The summed E-state index contributed by atoms with van der Waals surface area (Å²) in [6.45, 7) is 5.63. The Bertz CT molecular complexity index is 630. The smallest absolute Gasteiger partial charge is 0.221 e. The van der Waals surface area contributed by atoms with Gasteiger partial charge in [0.25, 0.3) is 0 Å². The maximum Gasteiger partial charge on any atom is 0.221 e. The van der Waals surface area contributed by atoms with Gasteiger partial charge in [-0.15, -0.1) is 0 Å². The lowest BCUT2D eigenvalue weighted by Gasteiger charge is -2.14. The molecular weight excluding hydrogens is 250 g/mol. The molecule has 0 aliphatic carbocycles. The van der Waals surface area contributed by atoms with Crippen molar-refractivity contribution in [3.8, 4) is 16.9 Å². The number of carbonyl (C=O) groups is 1. The molecular formula is C17H19NO2. The minimum Gasteiger partial charge on any atom is -0.497 e. The van der Waals surface area contributed by atoms with Crippen molar-refractivity contribution in [1.29, 1.82) is 0 Å². The Hall–Kier alpha value is -2.29. The number of carbonyl (C=O) groups excluding carboxylic acids is 1. The van der Waals surface area contributed by atoms with E-state index in [-0.39, 0.29) is 5.91 Å². The lowest BCUT2D eigenvalue weighted by Crippen LogP contribution is -2.07. The molecule has 0 radical (unpaired) electrons. The van der Waals surface area contributed by atoms with Crippen molar-refractivity contribution in [3.63, 3.8) is 0 Å². The number of nitrogens with one attached hydrogen (secondary N) is 1. The fourth-order valence-corrected chi connectivity index (χ4v) is 2.12. The molecule has 0 saturated heterocycles. The third-order valence-electron chi connectivity index (χ3n) is 3.35. The minimum atomic E-state index is -0.0667. The lowest BCUT2D eigenvalue weighted by molar-refractivity contribution is -0.114. The van der Waals surface area contributed by atoms with E-state index in [0.29, 0.717) is 0 Å². The van der Waals surface area contributed by atoms with E-state index in [1.54, 1.807) is 7.11 Å². The summed E-state index contributed by atoms with van der Waals surface area (Å²) in [7, 11) is 1.65. The Labute approximate surface area is 119 Å². The zero-order valence-electron chi connectivity index (χ0n) is 12.3. The van der Waals surface area contributed by atoms with Crippen LogP contribution in [0.25, 0.3) is 11.1 Å². The van der Waals surface area contributed by atoms with Gasteiger partial charge in [0, 0.05) is 18.2 Å². The van der Waals surface area contributed by atoms with Crippen LogP contribution in [-0.4, -0.2) is 13.0 Å². The Kier molecular flexibility index (Phi) is 4.08. The Morgan fingerprint density at radius 3 is 2.20 bits per heavy atom. The summed E-state index contributed by atoms with van der Waals surface area (Å²) in [6, 6.07) is 11.9. The van der Waals surface area contributed by atoms with Crippen LogP contribution < -0.4 is 10.1 Å². The van der Waals surface area contributed by atoms with Gasteiger partial charge in [-0.1, -0.05) is 12.1 Å². The summed E-state index contributed by atoms with van der Waals surface area (Å²) in [5, 5.41) is 2.90. The van der Waals surface area contributed by atoms with E-state index in [0.717, 1.165) is 28.1 Å². The second kappa shape index (κ2) is 5.78. The van der Waals surface area contributed by atoms with E-state index in [1.165, 1.54) is 12.5 Å². The predicted molar refractivity (Wildman–Crippen MR) is 82.2 cm³/mol. The topological polar surface area (TPSA) is 38.3 Å². The summed E-state index contributed by atoms with van der Waals surface area (Å²) in [5.41, 5.74) is 5.27. The van der Waals surface area contributed by atoms with Crippen LogP contribution in [0.2, 0.25) is 0 Å². The molecule has 1 N–H and O–H groups in total. The molecule has 0 saturated carbocycles. The average molecular weight is 269 g/mol. The third kappa shape index (κ3) is 2.99. The highest BCUT2D eigenvalue weighted by Gasteiger charge is 2.09. The zero-order chi connectivity index (χ0) is 14.7. The molecule has 0 heterocycles. The maximum atomic E-state index is 11.4. The fourth-order valence-electron chi connectivity index (χ4n) is 2.12. The summed E-state index contributed by atoms with van der Waals surface area (Å²) in [5.74, 6) is 0.752. The van der Waals surface area contributed by atoms with Crippen LogP contribution in [0.5, 0.6) is 5.75 Å². The summed E-state index contributed by atoms with van der Waals surface area (Å²) in [4.78, 5) is 11.4. The van der Waals surface area contributed by atoms with Crippen LogP contribution in [-0.2, 0) is 4.79 Å². The fraction of sp³-hybridized carbons (Fsp3) is 0.235. The predicted octanol–water partition coefficient (Wildman–Crippen LogP) is 3.94. The van der Waals surface area contributed by atoms with Gasteiger partial charge in [0.1, 0.15) is 5.75 Å². The number of rotatable bonds is 3. The highest BCUT2D eigenvalue weighted by atomic mass is 16.5. The molecule has 2 aromatic carbocycles. The summed E-state index contributed by atoms with van der Waals surface area (Å²) < 4.78 is 5.17. The van der Waals surface area contributed by atoms with Crippen LogP contribution in [0.4, 0.5) is 5.69 Å². The van der Waals surface area contributed by atoms with E-state index in [1.807, 2.05) is 37.3 Å². The van der Waals surface area contributed by atoms with E-state index in [9.17, 15) is 4.79 Å². The van der Waals surface area contributed by atoms with Crippen molar-refractivity contribution in [3.05, 3.63) is 47.5 Å². The first kappa shape index (κ1) is 14.1. The van der Waals surface area contributed by atoms with Crippen molar-refractivity contribution in [2.45, 2.75) is 20.8 Å². The highest BCUT2D eigenvalue weighted by Crippen LogP contribution is 2.32. The first-order chi connectivity index (χ1) is 9.51. The monoisotopic (exact) mass is 269 g/mol. The molecule has 0 aromatic heterocycles. The normalized spacial score (nSPS) is 10.2. The second-order valence-corrected chi connectivity index (χ2v) is 4.89. The average Bonchev–Trinajstić information content (AvgIpc) is 2.42. The SMILES string of the molecule is COc1ccc(-c2cc(C)c(C)cc2NC(C)=O)cc1. The number of methoxy groups -OCH3 is 1. The first-order valence-electron chi connectivity index (χ1n) is 6.54. The van der Waals surface area contributed by atoms with Gasteiger partial charge in [-0.2, -0.15) is 0 Å². The van der Waals surface area contributed by atoms with Crippen LogP contribution in [0.15, 0.2) is 36.4 Å². The molecule has 104 valence electrons. The van der Waals surface area contributed by atoms with Gasteiger partial charge >= 0.3 is 0 Å². The molecule has 0 aliphatic heterocycles. The molecule has 0 unspecified atom stereocenters. The number of ether oxygens (including phenoxy) is 1. The Morgan fingerprint density at radius 2 is 1.65 bits per heavy atom. The lowest BCUT2D eigenvalue weighted by atomic mass is 9.98. The van der Waals surface area contributed by atoms with Crippen molar-refractivity contribution in [2.24, 2.45) is 0 Å². The molecule has 2 rings (SSSR count). The van der Waals surface area contributed by atoms with Gasteiger partial charge in [0.15, 0.2) is 0 Å². The second-order valence-electron chi connectivity index (χ2n) is 4.89. The standard InChI is InChI=1S/C17H19NO2/c1-11-9-16(14-5-7-15(20-4)8-6-14)17(10-12(11)2)18-13(3)19/h5-10H,1-4H3,(H,18,19). The summed E-state index contributed by atoms with van der Waals surface area (Å²) >= 11 is 0. The van der Waals surface area contributed by atoms with Gasteiger partial charge in [0.2, 0.25) is 5.91 Å². The van der Waals surface area contributed by atoms with E-state index in [4.69, 9.17) is 4.74 Å². The quantitative estimate of drug-likeness (QED) is 0.916. The van der Waals surface area contributed by atoms with Crippen molar-refractivity contribution >= 4 is 11.6 Å². The number of hydrogen-bond donors (Lipinski definition) is 1. The molecule has 0 atom stereocenters. The van der Waals surface area contributed by atoms with E-state index >= 15 is 0 Å². The molecule has 0 bridgehead atoms. The molecule has 20 heavy (non-hydrogen) atoms. The van der Waals surface area contributed by atoms with Gasteiger partial charge in [-0.3, -0.25) is 4.79 Å². The molecule has 0 fully saturated rings. The van der Waals surface area contributed by atoms with Crippen LogP contribution >= 0.6 is 0 Å². The largest absolute Gasteiger partial charge is 0.497 e. The van der Waals surface area contributed by atoms with Crippen LogP contribution in [0.3, 0.4) is 0 Å². The molecule has 2 aromatic rings. The zero-order valence-corrected chi connectivity index (χ0v) is 12.3. The van der Waals surface area contributed by atoms with Crippen LogP contribution in [0.1, 0.15) is 18.1 Å². The Balaban J connectivity index is 2.52.